The first-order valence-corrected chi connectivity index (χ1v) is 7.54. The van der Waals surface area contributed by atoms with Gasteiger partial charge in [-0.3, -0.25) is 9.59 Å². The minimum Gasteiger partial charge on any atom is -0.466 e. The van der Waals surface area contributed by atoms with Crippen LogP contribution in [-0.4, -0.2) is 25.0 Å². The maximum atomic E-state index is 13.1. The molecule has 1 N–H and O–H groups in total. The van der Waals surface area contributed by atoms with E-state index in [2.05, 4.69) is 5.32 Å². The number of carbonyl (C=O) groups is 2. The van der Waals surface area contributed by atoms with Gasteiger partial charge in [-0.15, -0.1) is 11.3 Å². The minimum atomic E-state index is -0.314. The van der Waals surface area contributed by atoms with Crippen LogP contribution in [0.4, 0.5) is 4.39 Å². The number of ether oxygens (including phenoxy) is 1. The Labute approximate surface area is 125 Å². The molecule has 1 amide bonds. The van der Waals surface area contributed by atoms with Crippen LogP contribution in [0.2, 0.25) is 0 Å². The molecule has 4 nitrogen and oxygen atoms in total. The van der Waals surface area contributed by atoms with Gasteiger partial charge in [0.05, 0.1) is 11.5 Å². The number of benzene rings is 1. The fraction of sp³-hybridized carbons (Fsp3) is 0.333. The Morgan fingerprint density at radius 2 is 2.14 bits per heavy atom. The molecule has 112 valence electrons. The SMILES string of the molecule is CCOC(=O)CCCNC(=O)c1cc2ccc(F)cc2s1. The van der Waals surface area contributed by atoms with Crippen LogP contribution in [-0.2, 0) is 9.53 Å². The molecule has 2 rings (SSSR count). The van der Waals surface area contributed by atoms with Crippen molar-refractivity contribution in [1.82, 2.24) is 5.32 Å². The zero-order valence-corrected chi connectivity index (χ0v) is 12.5. The summed E-state index contributed by atoms with van der Waals surface area (Å²) in [5, 5.41) is 3.59. The molecule has 2 aromatic rings. The number of carbonyl (C=O) groups excluding carboxylic acids is 2. The summed E-state index contributed by atoms with van der Waals surface area (Å²) in [7, 11) is 0. The van der Waals surface area contributed by atoms with Crippen molar-refractivity contribution >= 4 is 33.3 Å². The molecule has 1 aromatic carbocycles. The summed E-state index contributed by atoms with van der Waals surface area (Å²) in [5.41, 5.74) is 0. The van der Waals surface area contributed by atoms with Gasteiger partial charge in [0.25, 0.3) is 5.91 Å². The van der Waals surface area contributed by atoms with Gasteiger partial charge in [-0.05, 0) is 36.9 Å². The third-order valence-electron chi connectivity index (χ3n) is 2.85. The molecule has 21 heavy (non-hydrogen) atoms. The van der Waals surface area contributed by atoms with E-state index in [0.29, 0.717) is 24.4 Å². The molecular formula is C15H16FNO3S. The van der Waals surface area contributed by atoms with Gasteiger partial charge in [0.15, 0.2) is 0 Å². The maximum Gasteiger partial charge on any atom is 0.305 e. The van der Waals surface area contributed by atoms with Crippen LogP contribution >= 0.6 is 11.3 Å². The van der Waals surface area contributed by atoms with Crippen LogP contribution in [0.1, 0.15) is 29.4 Å². The van der Waals surface area contributed by atoms with Crippen LogP contribution in [0.5, 0.6) is 0 Å². The predicted octanol–water partition coefficient (Wildman–Crippen LogP) is 3.11. The predicted molar refractivity (Wildman–Crippen MR) is 80.0 cm³/mol. The molecule has 0 saturated carbocycles. The van der Waals surface area contributed by atoms with Crippen LogP contribution in [0.15, 0.2) is 24.3 Å². The average Bonchev–Trinajstić information content (AvgIpc) is 2.86. The Hall–Kier alpha value is -1.95. The smallest absolute Gasteiger partial charge is 0.305 e. The van der Waals surface area contributed by atoms with Crippen molar-refractivity contribution in [3.63, 3.8) is 0 Å². The zero-order valence-electron chi connectivity index (χ0n) is 11.6. The largest absolute Gasteiger partial charge is 0.466 e. The van der Waals surface area contributed by atoms with E-state index in [1.807, 2.05) is 0 Å². The van der Waals surface area contributed by atoms with Gasteiger partial charge in [0.2, 0.25) is 0 Å². The minimum absolute atomic E-state index is 0.208. The highest BCUT2D eigenvalue weighted by atomic mass is 32.1. The molecule has 0 bridgehead atoms. The van der Waals surface area contributed by atoms with Crippen molar-refractivity contribution < 1.29 is 18.7 Å². The number of amides is 1. The van der Waals surface area contributed by atoms with Gasteiger partial charge in [0, 0.05) is 17.7 Å². The normalized spacial score (nSPS) is 10.6. The second-order valence-electron chi connectivity index (χ2n) is 4.46. The van der Waals surface area contributed by atoms with Gasteiger partial charge in [-0.25, -0.2) is 4.39 Å². The lowest BCUT2D eigenvalue weighted by Gasteiger charge is -2.03. The van der Waals surface area contributed by atoms with Crippen LogP contribution in [0.3, 0.4) is 0 Å². The summed E-state index contributed by atoms with van der Waals surface area (Å²) in [4.78, 5) is 23.6. The first-order valence-electron chi connectivity index (χ1n) is 6.73. The molecule has 0 aliphatic carbocycles. The highest BCUT2D eigenvalue weighted by molar-refractivity contribution is 7.20. The second-order valence-corrected chi connectivity index (χ2v) is 5.54. The number of esters is 1. The van der Waals surface area contributed by atoms with Crippen LogP contribution in [0, 0.1) is 5.82 Å². The standard InChI is InChI=1S/C15H16FNO3S/c1-2-20-14(18)4-3-7-17-15(19)13-8-10-5-6-11(16)9-12(10)21-13/h5-6,8-9H,2-4,7H2,1H3,(H,17,19). The fourth-order valence-electron chi connectivity index (χ4n) is 1.87. The van der Waals surface area contributed by atoms with E-state index >= 15 is 0 Å². The Kier molecular flexibility index (Phi) is 5.27. The van der Waals surface area contributed by atoms with Gasteiger partial charge >= 0.3 is 5.97 Å². The monoisotopic (exact) mass is 309 g/mol. The molecule has 0 aliphatic rings. The quantitative estimate of drug-likeness (QED) is 0.659. The van der Waals surface area contributed by atoms with Crippen LogP contribution < -0.4 is 5.32 Å². The second kappa shape index (κ2) is 7.17. The van der Waals surface area contributed by atoms with E-state index in [-0.39, 0.29) is 24.1 Å². The fourth-order valence-corrected chi connectivity index (χ4v) is 2.88. The van der Waals surface area contributed by atoms with E-state index in [0.717, 1.165) is 10.1 Å². The third-order valence-corrected chi connectivity index (χ3v) is 3.95. The molecular weight excluding hydrogens is 293 g/mol. The van der Waals surface area contributed by atoms with Crippen molar-refractivity contribution in [1.29, 1.82) is 0 Å². The van der Waals surface area contributed by atoms with Gasteiger partial charge in [0.1, 0.15) is 5.82 Å². The van der Waals surface area contributed by atoms with Crippen molar-refractivity contribution in [2.24, 2.45) is 0 Å². The summed E-state index contributed by atoms with van der Waals surface area (Å²) in [6.45, 7) is 2.52. The number of hydrogen-bond acceptors (Lipinski definition) is 4. The summed E-state index contributed by atoms with van der Waals surface area (Å²) >= 11 is 1.25. The van der Waals surface area contributed by atoms with Crippen molar-refractivity contribution in [2.75, 3.05) is 13.2 Å². The lowest BCUT2D eigenvalue weighted by molar-refractivity contribution is -0.143. The topological polar surface area (TPSA) is 55.4 Å². The number of fused-ring (bicyclic) bond motifs is 1. The van der Waals surface area contributed by atoms with Crippen LogP contribution in [0.25, 0.3) is 10.1 Å². The first-order chi connectivity index (χ1) is 10.1. The van der Waals surface area contributed by atoms with Crippen molar-refractivity contribution in [3.05, 3.63) is 35.0 Å². The highest BCUT2D eigenvalue weighted by Gasteiger charge is 2.10. The van der Waals surface area contributed by atoms with E-state index in [1.165, 1.54) is 23.5 Å². The molecule has 6 heteroatoms. The number of hydrogen-bond donors (Lipinski definition) is 1. The summed E-state index contributed by atoms with van der Waals surface area (Å²) in [6.07, 6.45) is 0.815. The molecule has 0 atom stereocenters. The molecule has 1 heterocycles. The summed E-state index contributed by atoms with van der Waals surface area (Å²) < 4.78 is 18.6. The number of thiophene rings is 1. The maximum absolute atomic E-state index is 13.1. The molecule has 0 spiro atoms. The number of halogens is 1. The number of nitrogens with one attached hydrogen (secondary N) is 1. The van der Waals surface area contributed by atoms with E-state index in [4.69, 9.17) is 4.74 Å². The lowest BCUT2D eigenvalue weighted by Crippen LogP contribution is -2.24. The molecule has 0 saturated heterocycles. The molecule has 0 unspecified atom stereocenters. The van der Waals surface area contributed by atoms with Crippen molar-refractivity contribution in [3.8, 4) is 0 Å². The summed E-state index contributed by atoms with van der Waals surface area (Å²) in [5.74, 6) is -0.782. The first kappa shape index (κ1) is 15.4. The average molecular weight is 309 g/mol. The highest BCUT2D eigenvalue weighted by Crippen LogP contribution is 2.26. The van der Waals surface area contributed by atoms with E-state index < -0.39 is 0 Å². The molecule has 0 aliphatic heterocycles. The Morgan fingerprint density at radius 3 is 2.90 bits per heavy atom. The van der Waals surface area contributed by atoms with E-state index in [9.17, 15) is 14.0 Å². The Bertz CT molecular complexity index is 653. The lowest BCUT2D eigenvalue weighted by atomic mass is 10.2. The van der Waals surface area contributed by atoms with Crippen molar-refractivity contribution in [2.45, 2.75) is 19.8 Å². The Morgan fingerprint density at radius 1 is 1.33 bits per heavy atom. The molecule has 0 fully saturated rings. The molecule has 0 radical (unpaired) electrons. The van der Waals surface area contributed by atoms with E-state index in [1.54, 1.807) is 19.1 Å². The Balaban J connectivity index is 1.86. The molecule has 1 aromatic heterocycles. The van der Waals surface area contributed by atoms with Gasteiger partial charge < -0.3 is 10.1 Å². The van der Waals surface area contributed by atoms with Gasteiger partial charge in [-0.2, -0.15) is 0 Å². The summed E-state index contributed by atoms with van der Waals surface area (Å²) in [6, 6.07) is 6.17. The number of rotatable bonds is 6. The zero-order chi connectivity index (χ0) is 15.2. The van der Waals surface area contributed by atoms with Gasteiger partial charge in [-0.1, -0.05) is 6.07 Å². The third kappa shape index (κ3) is 4.26.